The maximum absolute atomic E-state index is 12.5. The van der Waals surface area contributed by atoms with E-state index in [4.69, 9.17) is 0 Å². The second-order valence-electron chi connectivity index (χ2n) is 7.08. The molecule has 3 rings (SSSR count). The number of urea groups is 1. The summed E-state index contributed by atoms with van der Waals surface area (Å²) in [7, 11) is 0. The predicted molar refractivity (Wildman–Crippen MR) is 98.7 cm³/mol. The van der Waals surface area contributed by atoms with Gasteiger partial charge in [-0.3, -0.25) is 19.3 Å². The van der Waals surface area contributed by atoms with Crippen LogP contribution in [0.15, 0.2) is 24.3 Å². The van der Waals surface area contributed by atoms with Crippen molar-refractivity contribution >= 4 is 29.4 Å². The molecule has 27 heavy (non-hydrogen) atoms. The molecule has 144 valence electrons. The van der Waals surface area contributed by atoms with E-state index >= 15 is 0 Å². The zero-order valence-electron chi connectivity index (χ0n) is 15.3. The van der Waals surface area contributed by atoms with Crippen LogP contribution in [0.5, 0.6) is 0 Å². The van der Waals surface area contributed by atoms with E-state index < -0.39 is 11.6 Å². The Morgan fingerprint density at radius 1 is 1.15 bits per heavy atom. The standard InChI is InChI=1S/C19H24N4O4/c1-13(24)21-15-6-4-14(5-7-15)12-20-16(25)8-11-23-17(26)19(22-18(23)27)9-2-3-10-19/h4-7H,2-3,8-12H2,1H3,(H,20,25)(H,21,24)(H,22,27). The van der Waals surface area contributed by atoms with Crippen LogP contribution in [0.25, 0.3) is 0 Å². The third-order valence-electron chi connectivity index (χ3n) is 5.03. The van der Waals surface area contributed by atoms with Gasteiger partial charge in [-0.05, 0) is 30.5 Å². The number of carbonyl (C=O) groups is 4. The molecule has 8 nitrogen and oxygen atoms in total. The van der Waals surface area contributed by atoms with Gasteiger partial charge in [-0.1, -0.05) is 25.0 Å². The molecule has 1 aliphatic carbocycles. The lowest BCUT2D eigenvalue weighted by molar-refractivity contribution is -0.131. The number of hydrogen-bond acceptors (Lipinski definition) is 4. The van der Waals surface area contributed by atoms with E-state index in [1.807, 2.05) is 12.1 Å². The highest BCUT2D eigenvalue weighted by molar-refractivity contribution is 6.07. The lowest BCUT2D eigenvalue weighted by Gasteiger charge is -2.19. The molecule has 8 heteroatoms. The van der Waals surface area contributed by atoms with Crippen molar-refractivity contribution in [1.82, 2.24) is 15.5 Å². The molecule has 5 amide bonds. The van der Waals surface area contributed by atoms with Gasteiger partial charge in [0.1, 0.15) is 5.54 Å². The highest BCUT2D eigenvalue weighted by Crippen LogP contribution is 2.34. The number of nitrogens with zero attached hydrogens (tertiary/aromatic N) is 1. The van der Waals surface area contributed by atoms with Gasteiger partial charge in [0.25, 0.3) is 5.91 Å². The zero-order chi connectivity index (χ0) is 19.4. The van der Waals surface area contributed by atoms with Gasteiger partial charge < -0.3 is 16.0 Å². The van der Waals surface area contributed by atoms with Crippen LogP contribution in [0.4, 0.5) is 10.5 Å². The molecule has 1 aromatic carbocycles. The third kappa shape index (κ3) is 4.27. The first kappa shape index (κ1) is 18.9. The van der Waals surface area contributed by atoms with Crippen LogP contribution < -0.4 is 16.0 Å². The van der Waals surface area contributed by atoms with Crippen molar-refractivity contribution in [2.45, 2.75) is 51.1 Å². The quantitative estimate of drug-likeness (QED) is 0.658. The van der Waals surface area contributed by atoms with Crippen molar-refractivity contribution < 1.29 is 19.2 Å². The Bertz CT molecular complexity index is 753. The summed E-state index contributed by atoms with van der Waals surface area (Å²) in [5.41, 5.74) is 0.845. The minimum atomic E-state index is -0.733. The van der Waals surface area contributed by atoms with Gasteiger partial charge in [0.2, 0.25) is 11.8 Å². The summed E-state index contributed by atoms with van der Waals surface area (Å²) in [6.45, 7) is 1.86. The summed E-state index contributed by atoms with van der Waals surface area (Å²) >= 11 is 0. The van der Waals surface area contributed by atoms with Crippen molar-refractivity contribution in [3.63, 3.8) is 0 Å². The van der Waals surface area contributed by atoms with Crippen LogP contribution in [0, 0.1) is 0 Å². The average molecular weight is 372 g/mol. The molecule has 1 heterocycles. The molecular weight excluding hydrogens is 348 g/mol. The molecule has 1 aliphatic heterocycles. The average Bonchev–Trinajstić information content (AvgIpc) is 3.18. The van der Waals surface area contributed by atoms with Gasteiger partial charge in [0, 0.05) is 32.1 Å². The molecule has 0 atom stereocenters. The normalized spacial score (nSPS) is 17.9. The molecule has 0 unspecified atom stereocenters. The molecule has 0 bridgehead atoms. The fraction of sp³-hybridized carbons (Fsp3) is 0.474. The van der Waals surface area contributed by atoms with E-state index in [1.54, 1.807) is 12.1 Å². The second-order valence-corrected chi connectivity index (χ2v) is 7.08. The first-order chi connectivity index (χ1) is 12.9. The summed E-state index contributed by atoms with van der Waals surface area (Å²) in [4.78, 5) is 48.8. The molecule has 1 aromatic rings. The summed E-state index contributed by atoms with van der Waals surface area (Å²) in [6, 6.07) is 6.75. The summed E-state index contributed by atoms with van der Waals surface area (Å²) in [5.74, 6) is -0.573. The number of carbonyl (C=O) groups excluding carboxylic acids is 4. The number of nitrogens with one attached hydrogen (secondary N) is 3. The van der Waals surface area contributed by atoms with Crippen LogP contribution in [0.3, 0.4) is 0 Å². The largest absolute Gasteiger partial charge is 0.352 e. The van der Waals surface area contributed by atoms with E-state index in [2.05, 4.69) is 16.0 Å². The molecular formula is C19H24N4O4. The Labute approximate surface area is 157 Å². The Morgan fingerprint density at radius 2 is 1.81 bits per heavy atom. The number of imide groups is 1. The Hall–Kier alpha value is -2.90. The smallest absolute Gasteiger partial charge is 0.325 e. The van der Waals surface area contributed by atoms with Gasteiger partial charge in [0.05, 0.1) is 0 Å². The Kier molecular flexibility index (Phi) is 5.43. The molecule has 2 aliphatic rings. The maximum atomic E-state index is 12.5. The maximum Gasteiger partial charge on any atom is 0.325 e. The SMILES string of the molecule is CC(=O)Nc1ccc(CNC(=O)CCN2C(=O)NC3(CCCC3)C2=O)cc1. The van der Waals surface area contributed by atoms with Crippen LogP contribution in [0.1, 0.15) is 44.6 Å². The zero-order valence-corrected chi connectivity index (χ0v) is 15.3. The topological polar surface area (TPSA) is 108 Å². The van der Waals surface area contributed by atoms with Gasteiger partial charge in [0.15, 0.2) is 0 Å². The lowest BCUT2D eigenvalue weighted by atomic mass is 9.98. The minimum absolute atomic E-state index is 0.0687. The van der Waals surface area contributed by atoms with Crippen molar-refractivity contribution in [2.24, 2.45) is 0 Å². The molecule has 2 fully saturated rings. The second kappa shape index (κ2) is 7.77. The van der Waals surface area contributed by atoms with E-state index in [0.717, 1.165) is 23.3 Å². The van der Waals surface area contributed by atoms with Crippen LogP contribution in [-0.4, -0.2) is 40.7 Å². The number of anilines is 1. The van der Waals surface area contributed by atoms with E-state index in [9.17, 15) is 19.2 Å². The van der Waals surface area contributed by atoms with E-state index in [0.29, 0.717) is 25.1 Å². The molecule has 0 radical (unpaired) electrons. The molecule has 1 saturated carbocycles. The van der Waals surface area contributed by atoms with Crippen LogP contribution >= 0.6 is 0 Å². The van der Waals surface area contributed by atoms with Crippen molar-refractivity contribution in [1.29, 1.82) is 0 Å². The number of benzene rings is 1. The van der Waals surface area contributed by atoms with Gasteiger partial charge in [-0.15, -0.1) is 0 Å². The fourth-order valence-electron chi connectivity index (χ4n) is 3.61. The number of rotatable bonds is 6. The highest BCUT2D eigenvalue weighted by atomic mass is 16.2. The van der Waals surface area contributed by atoms with E-state index in [1.165, 1.54) is 6.92 Å². The Balaban J connectivity index is 1.45. The van der Waals surface area contributed by atoms with Crippen molar-refractivity contribution in [3.8, 4) is 0 Å². The molecule has 3 N–H and O–H groups in total. The number of amides is 5. The highest BCUT2D eigenvalue weighted by Gasteiger charge is 2.52. The van der Waals surface area contributed by atoms with Crippen molar-refractivity contribution in [2.75, 3.05) is 11.9 Å². The third-order valence-corrected chi connectivity index (χ3v) is 5.03. The first-order valence-electron chi connectivity index (χ1n) is 9.17. The lowest BCUT2D eigenvalue weighted by Crippen LogP contribution is -2.44. The summed E-state index contributed by atoms with van der Waals surface area (Å²) in [5, 5.41) is 8.26. The first-order valence-corrected chi connectivity index (χ1v) is 9.17. The van der Waals surface area contributed by atoms with Gasteiger partial charge in [-0.2, -0.15) is 0 Å². The molecule has 1 spiro atoms. The van der Waals surface area contributed by atoms with Crippen LogP contribution in [0.2, 0.25) is 0 Å². The van der Waals surface area contributed by atoms with Crippen LogP contribution in [-0.2, 0) is 20.9 Å². The minimum Gasteiger partial charge on any atom is -0.352 e. The van der Waals surface area contributed by atoms with Gasteiger partial charge >= 0.3 is 6.03 Å². The molecule has 0 aromatic heterocycles. The summed E-state index contributed by atoms with van der Waals surface area (Å²) < 4.78 is 0. The predicted octanol–water partition coefficient (Wildman–Crippen LogP) is 1.52. The van der Waals surface area contributed by atoms with E-state index in [-0.39, 0.29) is 30.7 Å². The van der Waals surface area contributed by atoms with Gasteiger partial charge in [-0.25, -0.2) is 4.79 Å². The monoisotopic (exact) mass is 372 g/mol. The van der Waals surface area contributed by atoms with Crippen molar-refractivity contribution in [3.05, 3.63) is 29.8 Å². The molecule has 1 saturated heterocycles. The fourth-order valence-corrected chi connectivity index (χ4v) is 3.61. The Morgan fingerprint density at radius 3 is 2.44 bits per heavy atom. The summed E-state index contributed by atoms with van der Waals surface area (Å²) in [6.07, 6.45) is 3.28. The number of hydrogen-bond donors (Lipinski definition) is 3.